The summed E-state index contributed by atoms with van der Waals surface area (Å²) >= 11 is 0. The number of para-hydroxylation sites is 1. The molecule has 0 aliphatic carbocycles. The number of rotatable bonds is 6. The summed E-state index contributed by atoms with van der Waals surface area (Å²) in [5, 5.41) is 0. The molecule has 0 unspecified atom stereocenters. The molecule has 0 aromatic heterocycles. The number of sulfonamides is 1. The highest BCUT2D eigenvalue weighted by Gasteiger charge is 2.22. The number of anilines is 1. The molecule has 6 heteroatoms. The Bertz CT molecular complexity index is 539. The first-order valence-electron chi connectivity index (χ1n) is 6.08. The number of carbonyl (C=O) groups excluding carboxylic acids is 1. The van der Waals surface area contributed by atoms with Gasteiger partial charge in [-0.15, -0.1) is 0 Å². The van der Waals surface area contributed by atoms with Crippen LogP contribution >= 0.6 is 0 Å². The molecule has 1 aromatic rings. The molecule has 0 radical (unpaired) electrons. The van der Waals surface area contributed by atoms with Gasteiger partial charge in [-0.05, 0) is 18.6 Å². The van der Waals surface area contributed by atoms with E-state index < -0.39 is 16.0 Å². The lowest BCUT2D eigenvalue weighted by molar-refractivity contribution is 0.0601. The van der Waals surface area contributed by atoms with Gasteiger partial charge in [-0.25, -0.2) is 13.2 Å². The Hall–Kier alpha value is -1.56. The van der Waals surface area contributed by atoms with Crippen molar-refractivity contribution in [1.29, 1.82) is 0 Å². The molecule has 5 nitrogen and oxygen atoms in total. The van der Waals surface area contributed by atoms with Crippen LogP contribution in [0.4, 0.5) is 5.69 Å². The number of methoxy groups -OCH3 is 1. The minimum Gasteiger partial charge on any atom is -0.465 e. The van der Waals surface area contributed by atoms with Gasteiger partial charge in [0.05, 0.1) is 24.1 Å². The third kappa shape index (κ3) is 3.70. The van der Waals surface area contributed by atoms with Crippen molar-refractivity contribution < 1.29 is 17.9 Å². The number of carbonyl (C=O) groups is 1. The largest absolute Gasteiger partial charge is 0.465 e. The molecule has 0 bridgehead atoms. The predicted molar refractivity (Wildman–Crippen MR) is 74.9 cm³/mol. The Kier molecular flexibility index (Phi) is 5.35. The Morgan fingerprint density at radius 1 is 1.32 bits per heavy atom. The van der Waals surface area contributed by atoms with E-state index >= 15 is 0 Å². The number of unbranched alkanes of at least 4 members (excludes halogenated alkanes) is 1. The van der Waals surface area contributed by atoms with Crippen LogP contribution in [-0.2, 0) is 14.8 Å². The fraction of sp³-hybridized carbons (Fsp3) is 0.462. The third-order valence-electron chi connectivity index (χ3n) is 2.82. The van der Waals surface area contributed by atoms with E-state index in [1.807, 2.05) is 6.92 Å². The molecule has 0 heterocycles. The molecule has 0 spiro atoms. The van der Waals surface area contributed by atoms with Crippen molar-refractivity contribution in [2.24, 2.45) is 0 Å². The molecule has 19 heavy (non-hydrogen) atoms. The second-order valence-electron chi connectivity index (χ2n) is 4.15. The molecule has 0 amide bonds. The van der Waals surface area contributed by atoms with Crippen LogP contribution in [0.1, 0.15) is 30.1 Å². The summed E-state index contributed by atoms with van der Waals surface area (Å²) in [6, 6.07) is 6.50. The lowest BCUT2D eigenvalue weighted by Crippen LogP contribution is -2.30. The van der Waals surface area contributed by atoms with Gasteiger partial charge in [0.1, 0.15) is 0 Å². The van der Waals surface area contributed by atoms with Gasteiger partial charge in [0.15, 0.2) is 0 Å². The van der Waals surface area contributed by atoms with Crippen molar-refractivity contribution in [2.45, 2.75) is 19.8 Å². The van der Waals surface area contributed by atoms with E-state index in [0.717, 1.165) is 10.7 Å². The molecule has 0 saturated heterocycles. The highest BCUT2D eigenvalue weighted by molar-refractivity contribution is 7.92. The second-order valence-corrected chi connectivity index (χ2v) is 6.27. The zero-order valence-electron chi connectivity index (χ0n) is 11.4. The van der Waals surface area contributed by atoms with Crippen molar-refractivity contribution >= 4 is 21.7 Å². The molecule has 0 saturated carbocycles. The maximum Gasteiger partial charge on any atom is 0.340 e. The molecule has 0 aliphatic heterocycles. The van der Waals surface area contributed by atoms with Crippen LogP contribution in [-0.4, -0.2) is 34.3 Å². The summed E-state index contributed by atoms with van der Waals surface area (Å²) < 4.78 is 30.1. The smallest absolute Gasteiger partial charge is 0.340 e. The average molecular weight is 285 g/mol. The summed E-state index contributed by atoms with van der Waals surface area (Å²) in [6.07, 6.45) is 1.39. The van der Waals surface area contributed by atoms with Gasteiger partial charge in [0.2, 0.25) is 10.0 Å². The first kappa shape index (κ1) is 15.5. The number of ether oxygens (including phenoxy) is 1. The molecule has 0 fully saturated rings. The highest BCUT2D eigenvalue weighted by Crippen LogP contribution is 2.23. The fourth-order valence-corrected chi connectivity index (χ4v) is 3.03. The lowest BCUT2D eigenvalue weighted by atomic mass is 10.2. The SMILES string of the molecule is CCCCS(=O)(=O)N(C)c1ccccc1C(=O)OC. The van der Waals surface area contributed by atoms with Gasteiger partial charge in [-0.1, -0.05) is 25.5 Å². The summed E-state index contributed by atoms with van der Waals surface area (Å²) in [7, 11) is -0.694. The second kappa shape index (κ2) is 6.56. The van der Waals surface area contributed by atoms with E-state index in [1.54, 1.807) is 24.3 Å². The Morgan fingerprint density at radius 2 is 1.95 bits per heavy atom. The first-order chi connectivity index (χ1) is 8.94. The number of benzene rings is 1. The molecular weight excluding hydrogens is 266 g/mol. The zero-order valence-corrected chi connectivity index (χ0v) is 12.2. The maximum absolute atomic E-state index is 12.1. The van der Waals surface area contributed by atoms with Crippen LogP contribution in [0.15, 0.2) is 24.3 Å². The van der Waals surface area contributed by atoms with Gasteiger partial charge < -0.3 is 4.74 Å². The van der Waals surface area contributed by atoms with Crippen LogP contribution in [0.3, 0.4) is 0 Å². The van der Waals surface area contributed by atoms with Crippen LogP contribution in [0.5, 0.6) is 0 Å². The van der Waals surface area contributed by atoms with E-state index in [1.165, 1.54) is 14.2 Å². The summed E-state index contributed by atoms with van der Waals surface area (Å²) in [4.78, 5) is 11.6. The first-order valence-corrected chi connectivity index (χ1v) is 7.69. The molecule has 0 aliphatic rings. The van der Waals surface area contributed by atoms with Crippen molar-refractivity contribution in [3.8, 4) is 0 Å². The Morgan fingerprint density at radius 3 is 2.53 bits per heavy atom. The minimum atomic E-state index is -3.41. The minimum absolute atomic E-state index is 0.0650. The summed E-state index contributed by atoms with van der Waals surface area (Å²) in [5.74, 6) is -0.483. The number of hydrogen-bond donors (Lipinski definition) is 0. The quantitative estimate of drug-likeness (QED) is 0.750. The summed E-state index contributed by atoms with van der Waals surface area (Å²) in [6.45, 7) is 1.93. The van der Waals surface area contributed by atoms with Crippen LogP contribution in [0.25, 0.3) is 0 Å². The molecule has 1 rings (SSSR count). The molecule has 1 aromatic carbocycles. The van der Waals surface area contributed by atoms with Gasteiger partial charge in [0, 0.05) is 7.05 Å². The van der Waals surface area contributed by atoms with Crippen LogP contribution in [0.2, 0.25) is 0 Å². The predicted octanol–water partition coefficient (Wildman–Crippen LogP) is 2.04. The van der Waals surface area contributed by atoms with Crippen molar-refractivity contribution in [3.05, 3.63) is 29.8 Å². The topological polar surface area (TPSA) is 63.7 Å². The summed E-state index contributed by atoms with van der Waals surface area (Å²) in [5.41, 5.74) is 0.582. The van der Waals surface area contributed by atoms with Crippen molar-refractivity contribution in [2.75, 3.05) is 24.2 Å². The molecule has 0 atom stereocenters. The fourth-order valence-electron chi connectivity index (χ4n) is 1.64. The Labute approximate surface area is 114 Å². The van der Waals surface area contributed by atoms with E-state index in [9.17, 15) is 13.2 Å². The van der Waals surface area contributed by atoms with Crippen molar-refractivity contribution in [3.63, 3.8) is 0 Å². The van der Waals surface area contributed by atoms with E-state index in [2.05, 4.69) is 4.74 Å². The van der Waals surface area contributed by atoms with E-state index in [4.69, 9.17) is 0 Å². The van der Waals surface area contributed by atoms with E-state index in [0.29, 0.717) is 12.1 Å². The Balaban J connectivity index is 3.12. The zero-order chi connectivity index (χ0) is 14.5. The van der Waals surface area contributed by atoms with Crippen LogP contribution in [0, 0.1) is 0 Å². The van der Waals surface area contributed by atoms with Gasteiger partial charge in [0.25, 0.3) is 0 Å². The lowest BCUT2D eigenvalue weighted by Gasteiger charge is -2.21. The highest BCUT2D eigenvalue weighted by atomic mass is 32.2. The monoisotopic (exact) mass is 285 g/mol. The standard InChI is InChI=1S/C13H19NO4S/c1-4-5-10-19(16,17)14(2)12-9-7-6-8-11(12)13(15)18-3/h6-9H,4-5,10H2,1-3H3. The van der Waals surface area contributed by atoms with Gasteiger partial charge >= 0.3 is 5.97 Å². The number of hydrogen-bond acceptors (Lipinski definition) is 4. The third-order valence-corrected chi connectivity index (χ3v) is 4.66. The van der Waals surface area contributed by atoms with E-state index in [-0.39, 0.29) is 11.3 Å². The number of esters is 1. The average Bonchev–Trinajstić information content (AvgIpc) is 2.43. The number of nitrogens with zero attached hydrogens (tertiary/aromatic N) is 1. The van der Waals surface area contributed by atoms with Gasteiger partial charge in [-0.2, -0.15) is 0 Å². The molecular formula is C13H19NO4S. The van der Waals surface area contributed by atoms with Crippen molar-refractivity contribution in [1.82, 2.24) is 0 Å². The molecule has 106 valence electrons. The maximum atomic E-state index is 12.1. The van der Waals surface area contributed by atoms with Gasteiger partial charge in [-0.3, -0.25) is 4.31 Å². The molecule has 0 N–H and O–H groups in total. The normalized spacial score (nSPS) is 11.1. The van der Waals surface area contributed by atoms with Crippen LogP contribution < -0.4 is 4.31 Å².